The summed E-state index contributed by atoms with van der Waals surface area (Å²) < 4.78 is 10.9. The lowest BCUT2D eigenvalue weighted by molar-refractivity contribution is -0.137. The van der Waals surface area contributed by atoms with Crippen LogP contribution in [0, 0.1) is 0 Å². The fourth-order valence-electron chi connectivity index (χ4n) is 1.40. The van der Waals surface area contributed by atoms with E-state index in [1.54, 1.807) is 6.26 Å². The average molecular weight is 278 g/mol. The molecule has 6 nitrogen and oxygen atoms in total. The van der Waals surface area contributed by atoms with Crippen LogP contribution in [-0.4, -0.2) is 57.4 Å². The first-order chi connectivity index (χ1) is 8.36. The molecule has 0 saturated heterocycles. The molecule has 7 heteroatoms. The van der Waals surface area contributed by atoms with Crippen LogP contribution in [-0.2, 0) is 15.6 Å². The summed E-state index contributed by atoms with van der Waals surface area (Å²) in [6, 6.07) is -0.497. The van der Waals surface area contributed by atoms with Crippen LogP contribution in [0.5, 0.6) is 0 Å². The lowest BCUT2D eigenvalue weighted by atomic mass is 10.2. The molecule has 2 unspecified atom stereocenters. The Labute approximate surface area is 110 Å². The number of carboxylic acid groups (broad SMARTS) is 1. The van der Waals surface area contributed by atoms with Gasteiger partial charge in [-0.05, 0) is 19.8 Å². The van der Waals surface area contributed by atoms with Gasteiger partial charge in [0.2, 0.25) is 0 Å². The maximum absolute atomic E-state index is 11.8. The lowest BCUT2D eigenvalue weighted by Gasteiger charge is -2.23. The van der Waals surface area contributed by atoms with Crippen molar-refractivity contribution in [3.8, 4) is 0 Å². The number of aliphatic carboxylic acids is 1. The number of amides is 2. The maximum Gasteiger partial charge on any atom is 0.323 e. The molecule has 0 radical (unpaired) electrons. The predicted octanol–water partition coefficient (Wildman–Crippen LogP) is 0.650. The summed E-state index contributed by atoms with van der Waals surface area (Å²) in [6.07, 6.45) is 2.93. The predicted molar refractivity (Wildman–Crippen MR) is 71.0 cm³/mol. The van der Waals surface area contributed by atoms with E-state index in [2.05, 4.69) is 5.32 Å². The fourth-order valence-corrected chi connectivity index (χ4v) is 2.09. The summed E-state index contributed by atoms with van der Waals surface area (Å²) in [6.45, 7) is 3.80. The molecule has 0 heterocycles. The third-order valence-electron chi connectivity index (χ3n) is 2.32. The number of hydrogen-bond acceptors (Lipinski definition) is 3. The minimum Gasteiger partial charge on any atom is -0.480 e. The lowest BCUT2D eigenvalue weighted by Crippen LogP contribution is -2.46. The highest BCUT2D eigenvalue weighted by molar-refractivity contribution is 7.84. The van der Waals surface area contributed by atoms with Crippen LogP contribution in [0.4, 0.5) is 4.79 Å². The molecule has 0 aliphatic heterocycles. The van der Waals surface area contributed by atoms with Gasteiger partial charge in [-0.15, -0.1) is 0 Å². The Bertz CT molecular complexity index is 309. The highest BCUT2D eigenvalue weighted by Crippen LogP contribution is 1.97. The first kappa shape index (κ1) is 16.9. The molecule has 18 heavy (non-hydrogen) atoms. The van der Waals surface area contributed by atoms with Gasteiger partial charge in [-0.3, -0.25) is 9.00 Å². The van der Waals surface area contributed by atoms with Crippen LogP contribution in [0.3, 0.4) is 0 Å². The first-order valence-electron chi connectivity index (χ1n) is 5.94. The van der Waals surface area contributed by atoms with Crippen molar-refractivity contribution in [1.82, 2.24) is 10.2 Å². The third kappa shape index (κ3) is 8.05. The van der Waals surface area contributed by atoms with Crippen molar-refractivity contribution in [2.75, 3.05) is 25.1 Å². The Morgan fingerprint density at radius 3 is 2.50 bits per heavy atom. The van der Waals surface area contributed by atoms with E-state index in [1.807, 2.05) is 13.8 Å². The maximum atomic E-state index is 11.8. The number of hydrogen-bond donors (Lipinski definition) is 2. The van der Waals surface area contributed by atoms with E-state index in [1.165, 1.54) is 4.90 Å². The highest BCUT2D eigenvalue weighted by Gasteiger charge is 2.17. The van der Waals surface area contributed by atoms with Gasteiger partial charge < -0.3 is 15.3 Å². The number of urea groups is 1. The Balaban J connectivity index is 4.22. The standard InChI is InChI=1S/C11H22N2O4S/c1-4-6-13(8-10(14)15)11(16)12-9(2)5-7-18(3)17/h9H,4-8H2,1-3H3,(H,12,16)(H,14,15). The SMILES string of the molecule is CCCN(CC(=O)O)C(=O)NC(C)CCS(C)=O. The van der Waals surface area contributed by atoms with E-state index in [4.69, 9.17) is 5.11 Å². The zero-order valence-electron chi connectivity index (χ0n) is 11.1. The van der Waals surface area contributed by atoms with Gasteiger partial charge >= 0.3 is 12.0 Å². The average Bonchev–Trinajstić information content (AvgIpc) is 2.25. The molecule has 0 aromatic heterocycles. The second kappa shape index (κ2) is 8.91. The molecule has 0 bridgehead atoms. The molecule has 2 N–H and O–H groups in total. The van der Waals surface area contributed by atoms with E-state index < -0.39 is 16.8 Å². The minimum atomic E-state index is -1.03. The van der Waals surface area contributed by atoms with E-state index in [9.17, 15) is 13.8 Å². The molecular weight excluding hydrogens is 256 g/mol. The third-order valence-corrected chi connectivity index (χ3v) is 3.13. The monoisotopic (exact) mass is 278 g/mol. The summed E-state index contributed by atoms with van der Waals surface area (Å²) in [5.41, 5.74) is 0. The highest BCUT2D eigenvalue weighted by atomic mass is 32.2. The van der Waals surface area contributed by atoms with Gasteiger partial charge in [0.25, 0.3) is 0 Å². The van der Waals surface area contributed by atoms with E-state index in [0.717, 1.165) is 0 Å². The Morgan fingerprint density at radius 2 is 2.06 bits per heavy atom. The molecule has 2 amide bonds. The molecule has 0 aromatic rings. The smallest absolute Gasteiger partial charge is 0.323 e. The number of carbonyl (C=O) groups is 2. The van der Waals surface area contributed by atoms with Crippen molar-refractivity contribution in [2.45, 2.75) is 32.7 Å². The molecule has 0 aliphatic carbocycles. The largest absolute Gasteiger partial charge is 0.480 e. The van der Waals surface area contributed by atoms with Crippen molar-refractivity contribution in [2.24, 2.45) is 0 Å². The van der Waals surface area contributed by atoms with Gasteiger partial charge in [0, 0.05) is 35.4 Å². The van der Waals surface area contributed by atoms with Crippen molar-refractivity contribution >= 4 is 22.8 Å². The van der Waals surface area contributed by atoms with Crippen molar-refractivity contribution < 1.29 is 18.9 Å². The van der Waals surface area contributed by atoms with Crippen LogP contribution in [0.2, 0.25) is 0 Å². The fraction of sp³-hybridized carbons (Fsp3) is 0.818. The molecule has 0 rings (SSSR count). The molecule has 0 aromatic carbocycles. The second-order valence-corrected chi connectivity index (χ2v) is 5.79. The molecule has 0 spiro atoms. The minimum absolute atomic E-state index is 0.116. The van der Waals surface area contributed by atoms with Crippen molar-refractivity contribution in [3.05, 3.63) is 0 Å². The van der Waals surface area contributed by atoms with Gasteiger partial charge in [0.1, 0.15) is 6.54 Å². The number of nitrogens with one attached hydrogen (secondary N) is 1. The van der Waals surface area contributed by atoms with Crippen molar-refractivity contribution in [3.63, 3.8) is 0 Å². The first-order valence-corrected chi connectivity index (χ1v) is 7.66. The topological polar surface area (TPSA) is 86.7 Å². The number of nitrogens with zero attached hydrogens (tertiary/aromatic N) is 1. The quantitative estimate of drug-likeness (QED) is 0.682. The number of rotatable bonds is 8. The number of carboxylic acids is 1. The van der Waals surface area contributed by atoms with Gasteiger partial charge in [0.15, 0.2) is 0 Å². The molecule has 0 saturated carbocycles. The molecule has 106 valence electrons. The van der Waals surface area contributed by atoms with Crippen LogP contribution < -0.4 is 5.32 Å². The normalized spacial score (nSPS) is 13.7. The molecule has 0 aliphatic rings. The summed E-state index contributed by atoms with van der Waals surface area (Å²) in [5.74, 6) is -0.505. The summed E-state index contributed by atoms with van der Waals surface area (Å²) in [5, 5.41) is 11.4. The molecule has 2 atom stereocenters. The van der Waals surface area contributed by atoms with Crippen molar-refractivity contribution in [1.29, 1.82) is 0 Å². The van der Waals surface area contributed by atoms with Crippen LogP contribution in [0.1, 0.15) is 26.7 Å². The van der Waals surface area contributed by atoms with Crippen LogP contribution >= 0.6 is 0 Å². The van der Waals surface area contributed by atoms with Crippen LogP contribution in [0.25, 0.3) is 0 Å². The second-order valence-electron chi connectivity index (χ2n) is 4.23. The summed E-state index contributed by atoms with van der Waals surface area (Å²) in [4.78, 5) is 23.7. The summed E-state index contributed by atoms with van der Waals surface area (Å²) in [7, 11) is -0.883. The Morgan fingerprint density at radius 1 is 1.44 bits per heavy atom. The van der Waals surface area contributed by atoms with Gasteiger partial charge in [-0.25, -0.2) is 4.79 Å². The zero-order valence-corrected chi connectivity index (χ0v) is 12.0. The molecular formula is C11H22N2O4S. The van der Waals surface area contributed by atoms with Gasteiger partial charge in [0.05, 0.1) is 0 Å². The van der Waals surface area contributed by atoms with E-state index in [-0.39, 0.29) is 18.6 Å². The van der Waals surface area contributed by atoms with Gasteiger partial charge in [-0.1, -0.05) is 6.92 Å². The zero-order chi connectivity index (χ0) is 14.1. The van der Waals surface area contributed by atoms with Crippen LogP contribution in [0.15, 0.2) is 0 Å². The Hall–Kier alpha value is -1.11. The molecule has 0 fully saturated rings. The van der Waals surface area contributed by atoms with E-state index in [0.29, 0.717) is 25.1 Å². The van der Waals surface area contributed by atoms with Gasteiger partial charge in [-0.2, -0.15) is 0 Å². The van der Waals surface area contributed by atoms with E-state index >= 15 is 0 Å². The Kier molecular flexibility index (Phi) is 8.36. The summed E-state index contributed by atoms with van der Waals surface area (Å²) >= 11 is 0. The number of carbonyl (C=O) groups excluding carboxylic acids is 1.